The first-order valence-electron chi connectivity index (χ1n) is 4.55. The summed E-state index contributed by atoms with van der Waals surface area (Å²) in [6, 6.07) is 0. The molecule has 0 aliphatic rings. The van der Waals surface area contributed by atoms with Gasteiger partial charge in [-0.05, 0) is 27.2 Å². The lowest BCUT2D eigenvalue weighted by atomic mass is 10.1. The van der Waals surface area contributed by atoms with Crippen molar-refractivity contribution in [3.05, 3.63) is 0 Å². The average Bonchev–Trinajstić information content (AvgIpc) is 1.94. The van der Waals surface area contributed by atoms with E-state index < -0.39 is 0 Å². The maximum absolute atomic E-state index is 4.33. The van der Waals surface area contributed by atoms with Crippen molar-refractivity contribution in [2.45, 2.75) is 52.5 Å². The molecular weight excluding hydrogens is 146 g/mol. The molecule has 68 valence electrons. The standard InChI is InChI=1S/C11H19N/c1-5-6-7-8-9-10-12-11(2,3)4/h10H,5-6,9H2,1-4H3. The Labute approximate surface area is 76.3 Å². The van der Waals surface area contributed by atoms with Crippen LogP contribution in [0.4, 0.5) is 0 Å². The normalized spacial score (nSPS) is 11.3. The molecule has 0 aliphatic carbocycles. The van der Waals surface area contributed by atoms with Crippen LogP contribution >= 0.6 is 0 Å². The van der Waals surface area contributed by atoms with Crippen molar-refractivity contribution >= 4 is 6.21 Å². The summed E-state index contributed by atoms with van der Waals surface area (Å²) >= 11 is 0. The minimum atomic E-state index is 0.0481. The zero-order valence-electron chi connectivity index (χ0n) is 8.65. The van der Waals surface area contributed by atoms with Gasteiger partial charge in [-0.2, -0.15) is 0 Å². The number of aliphatic imine (C=N–C) groups is 1. The maximum Gasteiger partial charge on any atom is 0.0520 e. The third kappa shape index (κ3) is 9.23. The highest BCUT2D eigenvalue weighted by molar-refractivity contribution is 5.61. The van der Waals surface area contributed by atoms with E-state index in [-0.39, 0.29) is 5.54 Å². The van der Waals surface area contributed by atoms with Gasteiger partial charge in [0.1, 0.15) is 0 Å². The number of hydrogen-bond acceptors (Lipinski definition) is 1. The van der Waals surface area contributed by atoms with E-state index in [0.29, 0.717) is 0 Å². The van der Waals surface area contributed by atoms with Gasteiger partial charge in [0, 0.05) is 19.1 Å². The van der Waals surface area contributed by atoms with Crippen LogP contribution in [0.15, 0.2) is 4.99 Å². The molecule has 0 spiro atoms. The first-order valence-corrected chi connectivity index (χ1v) is 4.55. The zero-order valence-corrected chi connectivity index (χ0v) is 8.65. The third-order valence-corrected chi connectivity index (χ3v) is 1.17. The van der Waals surface area contributed by atoms with Crippen molar-refractivity contribution in [3.63, 3.8) is 0 Å². The summed E-state index contributed by atoms with van der Waals surface area (Å²) < 4.78 is 0. The molecule has 1 heteroatoms. The molecule has 0 fully saturated rings. The SMILES string of the molecule is CCCC#CCC=NC(C)(C)C. The number of rotatable bonds is 2. The van der Waals surface area contributed by atoms with Crippen LogP contribution < -0.4 is 0 Å². The molecule has 12 heavy (non-hydrogen) atoms. The van der Waals surface area contributed by atoms with Crippen molar-refractivity contribution in [1.82, 2.24) is 0 Å². The molecular formula is C11H19N. The van der Waals surface area contributed by atoms with Crippen LogP contribution in [0.25, 0.3) is 0 Å². The maximum atomic E-state index is 4.33. The fourth-order valence-corrected chi connectivity index (χ4v) is 0.651. The van der Waals surface area contributed by atoms with Crippen molar-refractivity contribution in [1.29, 1.82) is 0 Å². The predicted octanol–water partition coefficient (Wildman–Crippen LogP) is 3.05. The van der Waals surface area contributed by atoms with Gasteiger partial charge in [0.25, 0.3) is 0 Å². The van der Waals surface area contributed by atoms with E-state index in [1.807, 2.05) is 6.21 Å². The molecule has 0 amide bonds. The summed E-state index contributed by atoms with van der Waals surface area (Å²) in [6.07, 6.45) is 4.84. The first kappa shape index (κ1) is 11.2. The minimum absolute atomic E-state index is 0.0481. The Morgan fingerprint density at radius 1 is 1.25 bits per heavy atom. The molecule has 0 saturated heterocycles. The first-order chi connectivity index (χ1) is 5.56. The highest BCUT2D eigenvalue weighted by atomic mass is 14.8. The van der Waals surface area contributed by atoms with Crippen LogP contribution in [0.1, 0.15) is 47.0 Å². The average molecular weight is 165 g/mol. The van der Waals surface area contributed by atoms with Crippen LogP contribution in [0.5, 0.6) is 0 Å². The van der Waals surface area contributed by atoms with Crippen LogP contribution in [0, 0.1) is 11.8 Å². The number of nitrogens with zero attached hydrogens (tertiary/aromatic N) is 1. The Kier molecular flexibility index (Phi) is 5.45. The summed E-state index contributed by atoms with van der Waals surface area (Å²) in [6.45, 7) is 8.40. The van der Waals surface area contributed by atoms with Crippen LogP contribution in [0.3, 0.4) is 0 Å². The van der Waals surface area contributed by atoms with E-state index in [9.17, 15) is 0 Å². The molecule has 0 radical (unpaired) electrons. The van der Waals surface area contributed by atoms with Crippen LogP contribution in [0.2, 0.25) is 0 Å². The van der Waals surface area contributed by atoms with Gasteiger partial charge in [-0.15, -0.1) is 5.92 Å². The lowest BCUT2D eigenvalue weighted by molar-refractivity contribution is 0.585. The van der Waals surface area contributed by atoms with E-state index in [0.717, 1.165) is 19.3 Å². The van der Waals surface area contributed by atoms with Crippen molar-refractivity contribution in [2.75, 3.05) is 0 Å². The lowest BCUT2D eigenvalue weighted by Gasteiger charge is -2.09. The van der Waals surface area contributed by atoms with Gasteiger partial charge in [0.05, 0.1) is 5.54 Å². The molecule has 0 aromatic carbocycles. The van der Waals surface area contributed by atoms with Gasteiger partial charge < -0.3 is 0 Å². The Hall–Kier alpha value is -0.770. The summed E-state index contributed by atoms with van der Waals surface area (Å²) in [7, 11) is 0. The Morgan fingerprint density at radius 2 is 1.92 bits per heavy atom. The fraction of sp³-hybridized carbons (Fsp3) is 0.727. The molecule has 0 aromatic heterocycles. The lowest BCUT2D eigenvalue weighted by Crippen LogP contribution is -2.09. The smallest absolute Gasteiger partial charge is 0.0520 e. The van der Waals surface area contributed by atoms with Crippen molar-refractivity contribution in [3.8, 4) is 11.8 Å². The van der Waals surface area contributed by atoms with Gasteiger partial charge >= 0.3 is 0 Å². The number of hydrogen-bond donors (Lipinski definition) is 0. The van der Waals surface area contributed by atoms with Gasteiger partial charge in [-0.25, -0.2) is 0 Å². The topological polar surface area (TPSA) is 12.4 Å². The zero-order chi connectivity index (χ0) is 9.45. The molecule has 0 bridgehead atoms. The van der Waals surface area contributed by atoms with Gasteiger partial charge in [-0.3, -0.25) is 4.99 Å². The Morgan fingerprint density at radius 3 is 2.42 bits per heavy atom. The van der Waals surface area contributed by atoms with Crippen molar-refractivity contribution < 1.29 is 0 Å². The highest BCUT2D eigenvalue weighted by Crippen LogP contribution is 2.04. The molecule has 0 saturated carbocycles. The molecule has 0 aromatic rings. The molecule has 0 heterocycles. The largest absolute Gasteiger partial charge is 0.291 e. The predicted molar refractivity (Wildman–Crippen MR) is 55.5 cm³/mol. The second-order valence-electron chi connectivity index (χ2n) is 3.79. The van der Waals surface area contributed by atoms with Gasteiger partial charge in [-0.1, -0.05) is 12.8 Å². The van der Waals surface area contributed by atoms with Crippen LogP contribution in [-0.4, -0.2) is 11.8 Å². The number of unbranched alkanes of at least 4 members (excludes halogenated alkanes) is 1. The van der Waals surface area contributed by atoms with Gasteiger partial charge in [0.15, 0.2) is 0 Å². The Bertz CT molecular complexity index is 185. The quantitative estimate of drug-likeness (QED) is 0.440. The van der Waals surface area contributed by atoms with E-state index in [1.54, 1.807) is 0 Å². The monoisotopic (exact) mass is 165 g/mol. The second kappa shape index (κ2) is 5.83. The summed E-state index contributed by atoms with van der Waals surface area (Å²) in [5.41, 5.74) is 0.0481. The highest BCUT2D eigenvalue weighted by Gasteiger charge is 2.03. The van der Waals surface area contributed by atoms with E-state index in [1.165, 1.54) is 0 Å². The van der Waals surface area contributed by atoms with Crippen molar-refractivity contribution in [2.24, 2.45) is 4.99 Å². The fourth-order valence-electron chi connectivity index (χ4n) is 0.651. The van der Waals surface area contributed by atoms with Crippen LogP contribution in [-0.2, 0) is 0 Å². The molecule has 0 atom stereocenters. The Balaban J connectivity index is 3.58. The summed E-state index contributed by atoms with van der Waals surface area (Å²) in [4.78, 5) is 4.33. The molecule has 0 unspecified atom stereocenters. The third-order valence-electron chi connectivity index (χ3n) is 1.17. The minimum Gasteiger partial charge on any atom is -0.291 e. The second-order valence-corrected chi connectivity index (χ2v) is 3.79. The molecule has 0 rings (SSSR count). The van der Waals surface area contributed by atoms with Gasteiger partial charge in [0.2, 0.25) is 0 Å². The van der Waals surface area contributed by atoms with E-state index >= 15 is 0 Å². The molecule has 1 nitrogen and oxygen atoms in total. The van der Waals surface area contributed by atoms with E-state index in [4.69, 9.17) is 0 Å². The summed E-state index contributed by atoms with van der Waals surface area (Å²) in [5, 5.41) is 0. The molecule has 0 aliphatic heterocycles. The molecule has 0 N–H and O–H groups in total. The van der Waals surface area contributed by atoms with E-state index in [2.05, 4.69) is 44.5 Å². The summed E-state index contributed by atoms with van der Waals surface area (Å²) in [5.74, 6) is 6.14.